The van der Waals surface area contributed by atoms with Crippen LogP contribution in [0.1, 0.15) is 22.8 Å². The lowest BCUT2D eigenvalue weighted by Gasteiger charge is -2.13. The number of ether oxygens (including phenoxy) is 3. The maximum Gasteiger partial charge on any atom is 0.255 e. The summed E-state index contributed by atoms with van der Waals surface area (Å²) < 4.78 is 16.6. The topological polar surface area (TPSA) is 56.8 Å². The van der Waals surface area contributed by atoms with Gasteiger partial charge in [-0.05, 0) is 67.9 Å². The van der Waals surface area contributed by atoms with E-state index in [0.717, 1.165) is 11.3 Å². The molecule has 0 aromatic heterocycles. The molecule has 3 aromatic rings. The van der Waals surface area contributed by atoms with Gasteiger partial charge in [0, 0.05) is 11.3 Å². The molecular weight excluding hydrogens is 390 g/mol. The molecule has 0 spiro atoms. The van der Waals surface area contributed by atoms with Gasteiger partial charge in [0.25, 0.3) is 5.91 Å². The van der Waals surface area contributed by atoms with E-state index in [0.29, 0.717) is 40.1 Å². The van der Waals surface area contributed by atoms with Crippen molar-refractivity contribution in [2.24, 2.45) is 0 Å². The number of amides is 1. The van der Waals surface area contributed by atoms with Gasteiger partial charge in [-0.15, -0.1) is 0 Å². The van der Waals surface area contributed by atoms with E-state index in [9.17, 15) is 4.79 Å². The molecule has 0 aliphatic rings. The number of carbonyl (C=O) groups is 1. The third-order valence-corrected chi connectivity index (χ3v) is 4.40. The SMILES string of the molecule is CCOc1c(Cl)cc(C(=O)Nc2ccc(Oc3cccc(C)c3)cc2)cc1OC. The zero-order chi connectivity index (χ0) is 20.8. The first-order valence-electron chi connectivity index (χ1n) is 9.16. The molecule has 3 rings (SSSR count). The average Bonchev–Trinajstić information content (AvgIpc) is 2.71. The van der Waals surface area contributed by atoms with Crippen LogP contribution >= 0.6 is 11.6 Å². The number of hydrogen-bond donors (Lipinski definition) is 1. The largest absolute Gasteiger partial charge is 0.493 e. The third-order valence-electron chi connectivity index (χ3n) is 4.12. The van der Waals surface area contributed by atoms with Gasteiger partial charge in [-0.25, -0.2) is 0 Å². The van der Waals surface area contributed by atoms with Gasteiger partial charge in [0.05, 0.1) is 18.7 Å². The van der Waals surface area contributed by atoms with E-state index in [-0.39, 0.29) is 5.91 Å². The number of anilines is 1. The summed E-state index contributed by atoms with van der Waals surface area (Å²) in [7, 11) is 1.50. The van der Waals surface area contributed by atoms with Gasteiger partial charge in [-0.2, -0.15) is 0 Å². The number of nitrogens with one attached hydrogen (secondary N) is 1. The molecule has 3 aromatic carbocycles. The summed E-state index contributed by atoms with van der Waals surface area (Å²) in [5.74, 6) is 1.97. The highest BCUT2D eigenvalue weighted by molar-refractivity contribution is 6.32. The van der Waals surface area contributed by atoms with E-state index < -0.39 is 0 Å². The summed E-state index contributed by atoms with van der Waals surface area (Å²) in [4.78, 5) is 12.6. The Kier molecular flexibility index (Phi) is 6.62. The average molecular weight is 412 g/mol. The lowest BCUT2D eigenvalue weighted by atomic mass is 10.1. The highest BCUT2D eigenvalue weighted by Gasteiger charge is 2.16. The summed E-state index contributed by atoms with van der Waals surface area (Å²) in [6, 6.07) is 18.1. The van der Waals surface area contributed by atoms with Gasteiger partial charge in [0.15, 0.2) is 11.5 Å². The molecule has 0 aliphatic carbocycles. The zero-order valence-electron chi connectivity index (χ0n) is 16.5. The molecule has 1 amide bonds. The van der Waals surface area contributed by atoms with Crippen LogP contribution in [0.3, 0.4) is 0 Å². The van der Waals surface area contributed by atoms with Crippen LogP contribution in [-0.4, -0.2) is 19.6 Å². The summed E-state index contributed by atoms with van der Waals surface area (Å²) >= 11 is 6.25. The van der Waals surface area contributed by atoms with Crippen LogP contribution in [0.25, 0.3) is 0 Å². The Morgan fingerprint density at radius 3 is 2.45 bits per heavy atom. The Balaban J connectivity index is 1.71. The second-order valence-corrected chi connectivity index (χ2v) is 6.73. The summed E-state index contributed by atoms with van der Waals surface area (Å²) in [5.41, 5.74) is 2.13. The fourth-order valence-corrected chi connectivity index (χ4v) is 3.03. The molecule has 0 fully saturated rings. The first-order valence-corrected chi connectivity index (χ1v) is 9.54. The van der Waals surface area contributed by atoms with Crippen molar-refractivity contribution >= 4 is 23.2 Å². The minimum absolute atomic E-state index is 0.305. The van der Waals surface area contributed by atoms with E-state index >= 15 is 0 Å². The molecule has 29 heavy (non-hydrogen) atoms. The van der Waals surface area contributed by atoms with Gasteiger partial charge in [-0.3, -0.25) is 4.79 Å². The number of rotatable bonds is 7. The number of halogens is 1. The van der Waals surface area contributed by atoms with Gasteiger partial charge >= 0.3 is 0 Å². The molecule has 0 heterocycles. The van der Waals surface area contributed by atoms with E-state index in [1.165, 1.54) is 7.11 Å². The molecule has 0 radical (unpaired) electrons. The predicted octanol–water partition coefficient (Wildman–Crippen LogP) is 6.10. The molecule has 0 atom stereocenters. The second kappa shape index (κ2) is 9.34. The molecule has 0 unspecified atom stereocenters. The van der Waals surface area contributed by atoms with Crippen molar-refractivity contribution in [3.05, 3.63) is 76.8 Å². The summed E-state index contributed by atoms with van der Waals surface area (Å²) in [6.07, 6.45) is 0. The van der Waals surface area contributed by atoms with Crippen LogP contribution in [-0.2, 0) is 0 Å². The molecule has 5 nitrogen and oxygen atoms in total. The minimum atomic E-state index is -0.305. The van der Waals surface area contributed by atoms with Crippen molar-refractivity contribution < 1.29 is 19.0 Å². The lowest BCUT2D eigenvalue weighted by molar-refractivity contribution is 0.102. The van der Waals surface area contributed by atoms with Crippen molar-refractivity contribution in [3.8, 4) is 23.0 Å². The fourth-order valence-electron chi connectivity index (χ4n) is 2.76. The standard InChI is InChI=1S/C23H22ClNO4/c1-4-28-22-20(24)13-16(14-21(22)27-3)23(26)25-17-8-10-18(11-9-17)29-19-7-5-6-15(2)12-19/h5-14H,4H2,1-3H3,(H,25,26). The van der Waals surface area contributed by atoms with Crippen molar-refractivity contribution in [1.29, 1.82) is 0 Å². The molecule has 150 valence electrons. The van der Waals surface area contributed by atoms with E-state index in [4.69, 9.17) is 25.8 Å². The van der Waals surface area contributed by atoms with E-state index in [1.54, 1.807) is 36.4 Å². The van der Waals surface area contributed by atoms with Crippen LogP contribution < -0.4 is 19.5 Å². The minimum Gasteiger partial charge on any atom is -0.493 e. The molecule has 0 aliphatic heterocycles. The quantitative estimate of drug-likeness (QED) is 0.510. The van der Waals surface area contributed by atoms with Crippen LogP contribution in [0, 0.1) is 6.92 Å². The molecule has 0 bridgehead atoms. The molecular formula is C23H22ClNO4. The molecule has 1 N–H and O–H groups in total. The van der Waals surface area contributed by atoms with Crippen LogP contribution in [0.5, 0.6) is 23.0 Å². The number of methoxy groups -OCH3 is 1. The van der Waals surface area contributed by atoms with Gasteiger partial charge in [-0.1, -0.05) is 23.7 Å². The van der Waals surface area contributed by atoms with E-state index in [2.05, 4.69) is 5.32 Å². The third kappa shape index (κ3) is 5.21. The highest BCUT2D eigenvalue weighted by atomic mass is 35.5. The van der Waals surface area contributed by atoms with Crippen molar-refractivity contribution in [2.45, 2.75) is 13.8 Å². The summed E-state index contributed by atoms with van der Waals surface area (Å²) in [6.45, 7) is 4.30. The van der Waals surface area contributed by atoms with Crippen LogP contribution in [0.2, 0.25) is 5.02 Å². The van der Waals surface area contributed by atoms with Gasteiger partial charge < -0.3 is 19.5 Å². The lowest BCUT2D eigenvalue weighted by Crippen LogP contribution is -2.12. The Morgan fingerprint density at radius 2 is 1.79 bits per heavy atom. The molecule has 6 heteroatoms. The molecule has 0 saturated heterocycles. The van der Waals surface area contributed by atoms with Crippen molar-refractivity contribution in [3.63, 3.8) is 0 Å². The predicted molar refractivity (Wildman–Crippen MR) is 115 cm³/mol. The van der Waals surface area contributed by atoms with Crippen LogP contribution in [0.4, 0.5) is 5.69 Å². The maximum atomic E-state index is 12.6. The van der Waals surface area contributed by atoms with E-state index in [1.807, 2.05) is 38.1 Å². The maximum absolute atomic E-state index is 12.6. The fraction of sp³-hybridized carbons (Fsp3) is 0.174. The van der Waals surface area contributed by atoms with Crippen LogP contribution in [0.15, 0.2) is 60.7 Å². The Bertz CT molecular complexity index is 1000. The second-order valence-electron chi connectivity index (χ2n) is 6.32. The number of benzene rings is 3. The first kappa shape index (κ1) is 20.6. The number of carbonyl (C=O) groups excluding carboxylic acids is 1. The summed E-state index contributed by atoms with van der Waals surface area (Å²) in [5, 5.41) is 3.16. The smallest absolute Gasteiger partial charge is 0.255 e. The first-order chi connectivity index (χ1) is 14.0. The number of aryl methyl sites for hydroxylation is 1. The van der Waals surface area contributed by atoms with Crippen molar-refractivity contribution in [1.82, 2.24) is 0 Å². The Hall–Kier alpha value is -3.18. The number of hydrogen-bond acceptors (Lipinski definition) is 4. The van der Waals surface area contributed by atoms with Crippen molar-refractivity contribution in [2.75, 3.05) is 19.0 Å². The van der Waals surface area contributed by atoms with Gasteiger partial charge in [0.2, 0.25) is 0 Å². The highest BCUT2D eigenvalue weighted by Crippen LogP contribution is 2.36. The van der Waals surface area contributed by atoms with Gasteiger partial charge in [0.1, 0.15) is 11.5 Å². The normalized spacial score (nSPS) is 10.3. The Morgan fingerprint density at radius 1 is 1.03 bits per heavy atom. The molecule has 0 saturated carbocycles. The monoisotopic (exact) mass is 411 g/mol. The zero-order valence-corrected chi connectivity index (χ0v) is 17.2. The Labute approximate surface area is 175 Å².